The zero-order valence-corrected chi connectivity index (χ0v) is 10.1. The van der Waals surface area contributed by atoms with Crippen LogP contribution in [0.4, 0.5) is 16.2 Å². The van der Waals surface area contributed by atoms with Gasteiger partial charge in [0.25, 0.3) is 0 Å². The van der Waals surface area contributed by atoms with Crippen LogP contribution < -0.4 is 21.3 Å². The Morgan fingerprint density at radius 3 is 2.79 bits per heavy atom. The van der Waals surface area contributed by atoms with Crippen molar-refractivity contribution in [3.63, 3.8) is 0 Å². The molecule has 0 fully saturated rings. The lowest BCUT2D eigenvalue weighted by atomic mass is 10.3. The average Bonchev–Trinajstić information content (AvgIpc) is 2.46. The number of nitrogens with two attached hydrogens (primary N) is 1. The third kappa shape index (κ3) is 3.78. The molecule has 2 aromatic rings. The van der Waals surface area contributed by atoms with E-state index >= 15 is 0 Å². The van der Waals surface area contributed by atoms with Gasteiger partial charge in [0.15, 0.2) is 11.6 Å². The SMILES string of the molecule is NNc1ncc(F)c(NCCOc2ccccc2)n1. The van der Waals surface area contributed by atoms with E-state index < -0.39 is 5.82 Å². The molecule has 0 unspecified atom stereocenters. The van der Waals surface area contributed by atoms with Crippen LogP contribution in [0.3, 0.4) is 0 Å². The third-order valence-electron chi connectivity index (χ3n) is 2.28. The summed E-state index contributed by atoms with van der Waals surface area (Å²) in [5, 5.41) is 2.81. The zero-order chi connectivity index (χ0) is 13.5. The van der Waals surface area contributed by atoms with Gasteiger partial charge in [0.05, 0.1) is 12.7 Å². The molecule has 0 aliphatic heterocycles. The summed E-state index contributed by atoms with van der Waals surface area (Å²) < 4.78 is 18.8. The number of hydrazine groups is 1. The Kier molecular flexibility index (Phi) is 4.46. The maximum atomic E-state index is 13.4. The Morgan fingerprint density at radius 2 is 2.05 bits per heavy atom. The summed E-state index contributed by atoms with van der Waals surface area (Å²) in [5.74, 6) is 5.60. The molecule has 0 saturated heterocycles. The van der Waals surface area contributed by atoms with Gasteiger partial charge in [0, 0.05) is 0 Å². The molecule has 100 valence electrons. The second kappa shape index (κ2) is 6.50. The molecule has 1 aromatic carbocycles. The quantitative estimate of drug-likeness (QED) is 0.415. The molecule has 0 saturated carbocycles. The molecular weight excluding hydrogens is 249 g/mol. The first-order valence-electron chi connectivity index (χ1n) is 5.70. The number of nitrogens with zero attached hydrogens (tertiary/aromatic N) is 2. The first-order valence-corrected chi connectivity index (χ1v) is 5.70. The largest absolute Gasteiger partial charge is 0.492 e. The number of para-hydroxylation sites is 1. The molecule has 7 heteroatoms. The van der Waals surface area contributed by atoms with Crippen LogP contribution in [0.25, 0.3) is 0 Å². The van der Waals surface area contributed by atoms with E-state index in [1.165, 1.54) is 0 Å². The fourth-order valence-corrected chi connectivity index (χ4v) is 1.42. The van der Waals surface area contributed by atoms with Crippen molar-refractivity contribution in [3.8, 4) is 5.75 Å². The third-order valence-corrected chi connectivity index (χ3v) is 2.28. The normalized spacial score (nSPS) is 10.0. The highest BCUT2D eigenvalue weighted by molar-refractivity contribution is 5.40. The number of benzene rings is 1. The Bertz CT molecular complexity index is 523. The summed E-state index contributed by atoms with van der Waals surface area (Å²) >= 11 is 0. The van der Waals surface area contributed by atoms with Crippen molar-refractivity contribution in [2.45, 2.75) is 0 Å². The average molecular weight is 263 g/mol. The van der Waals surface area contributed by atoms with Gasteiger partial charge in [0.1, 0.15) is 12.4 Å². The molecule has 1 heterocycles. The van der Waals surface area contributed by atoms with Gasteiger partial charge in [-0.25, -0.2) is 15.2 Å². The Hall–Kier alpha value is -2.41. The predicted molar refractivity (Wildman–Crippen MR) is 70.2 cm³/mol. The lowest BCUT2D eigenvalue weighted by Crippen LogP contribution is -2.16. The van der Waals surface area contributed by atoms with E-state index in [-0.39, 0.29) is 11.8 Å². The molecule has 4 N–H and O–H groups in total. The minimum Gasteiger partial charge on any atom is -0.492 e. The summed E-state index contributed by atoms with van der Waals surface area (Å²) in [4.78, 5) is 7.49. The molecule has 0 radical (unpaired) electrons. The Labute approximate surface area is 109 Å². The molecular formula is C12H14FN5O. The molecule has 0 amide bonds. The van der Waals surface area contributed by atoms with E-state index in [2.05, 4.69) is 20.7 Å². The van der Waals surface area contributed by atoms with Gasteiger partial charge in [-0.05, 0) is 12.1 Å². The van der Waals surface area contributed by atoms with E-state index in [0.717, 1.165) is 11.9 Å². The van der Waals surface area contributed by atoms with Gasteiger partial charge in [-0.2, -0.15) is 4.98 Å². The van der Waals surface area contributed by atoms with Crippen LogP contribution in [0, 0.1) is 5.82 Å². The highest BCUT2D eigenvalue weighted by atomic mass is 19.1. The summed E-state index contributed by atoms with van der Waals surface area (Å²) in [6.45, 7) is 0.797. The monoisotopic (exact) mass is 263 g/mol. The molecule has 6 nitrogen and oxygen atoms in total. The first kappa shape index (κ1) is 13.0. The summed E-state index contributed by atoms with van der Waals surface area (Å²) in [7, 11) is 0. The predicted octanol–water partition coefficient (Wildman–Crippen LogP) is 1.39. The molecule has 0 spiro atoms. The number of ether oxygens (including phenoxy) is 1. The highest BCUT2D eigenvalue weighted by Gasteiger charge is 2.05. The van der Waals surface area contributed by atoms with Crippen LogP contribution in [-0.2, 0) is 0 Å². The molecule has 0 aliphatic rings. The fourth-order valence-electron chi connectivity index (χ4n) is 1.42. The fraction of sp³-hybridized carbons (Fsp3) is 0.167. The molecule has 0 bridgehead atoms. The number of nitrogen functional groups attached to an aromatic ring is 1. The molecule has 0 aliphatic carbocycles. The molecule has 0 atom stereocenters. The topological polar surface area (TPSA) is 85.1 Å². The van der Waals surface area contributed by atoms with E-state index in [9.17, 15) is 4.39 Å². The Balaban J connectivity index is 1.82. The van der Waals surface area contributed by atoms with Gasteiger partial charge in [-0.15, -0.1) is 0 Å². The number of hydrogen-bond acceptors (Lipinski definition) is 6. The van der Waals surface area contributed by atoms with Crippen LogP contribution in [-0.4, -0.2) is 23.1 Å². The summed E-state index contributed by atoms with van der Waals surface area (Å²) in [6.07, 6.45) is 1.04. The van der Waals surface area contributed by atoms with E-state index in [1.54, 1.807) is 0 Å². The minimum atomic E-state index is -0.543. The van der Waals surface area contributed by atoms with Crippen molar-refractivity contribution in [3.05, 3.63) is 42.3 Å². The van der Waals surface area contributed by atoms with Crippen molar-refractivity contribution >= 4 is 11.8 Å². The summed E-state index contributed by atoms with van der Waals surface area (Å²) in [6, 6.07) is 9.37. The number of anilines is 2. The van der Waals surface area contributed by atoms with Gasteiger partial charge in [0.2, 0.25) is 5.95 Å². The van der Waals surface area contributed by atoms with Crippen LogP contribution >= 0.6 is 0 Å². The minimum absolute atomic E-state index is 0.0830. The van der Waals surface area contributed by atoms with Crippen LogP contribution in [0.2, 0.25) is 0 Å². The van der Waals surface area contributed by atoms with Gasteiger partial charge < -0.3 is 10.1 Å². The summed E-state index contributed by atoms with van der Waals surface area (Å²) in [5.41, 5.74) is 2.25. The van der Waals surface area contributed by atoms with Gasteiger partial charge >= 0.3 is 0 Å². The second-order valence-corrected chi connectivity index (χ2v) is 3.62. The van der Waals surface area contributed by atoms with Crippen molar-refractivity contribution in [2.24, 2.45) is 5.84 Å². The van der Waals surface area contributed by atoms with Crippen LogP contribution in [0.5, 0.6) is 5.75 Å². The molecule has 19 heavy (non-hydrogen) atoms. The maximum Gasteiger partial charge on any atom is 0.239 e. The lowest BCUT2D eigenvalue weighted by molar-refractivity contribution is 0.332. The second-order valence-electron chi connectivity index (χ2n) is 3.62. The van der Waals surface area contributed by atoms with Gasteiger partial charge in [-0.1, -0.05) is 18.2 Å². The highest BCUT2D eigenvalue weighted by Crippen LogP contribution is 2.11. The van der Waals surface area contributed by atoms with E-state index in [1.807, 2.05) is 30.3 Å². The van der Waals surface area contributed by atoms with Crippen molar-refractivity contribution in [1.82, 2.24) is 9.97 Å². The van der Waals surface area contributed by atoms with Crippen molar-refractivity contribution in [2.75, 3.05) is 23.9 Å². The van der Waals surface area contributed by atoms with Crippen molar-refractivity contribution < 1.29 is 9.13 Å². The van der Waals surface area contributed by atoms with E-state index in [0.29, 0.717) is 13.2 Å². The van der Waals surface area contributed by atoms with Crippen LogP contribution in [0.15, 0.2) is 36.5 Å². The standard InChI is InChI=1S/C12H14FN5O/c13-10-8-16-12(18-14)17-11(10)15-6-7-19-9-4-2-1-3-5-9/h1-5,8H,6-7,14H2,(H2,15,16,17,18). The van der Waals surface area contributed by atoms with Crippen molar-refractivity contribution in [1.29, 1.82) is 0 Å². The number of hydrogen-bond donors (Lipinski definition) is 3. The molecule has 2 rings (SSSR count). The lowest BCUT2D eigenvalue weighted by Gasteiger charge is -2.09. The number of halogens is 1. The van der Waals surface area contributed by atoms with E-state index in [4.69, 9.17) is 10.6 Å². The number of nitrogens with one attached hydrogen (secondary N) is 2. The van der Waals surface area contributed by atoms with Gasteiger partial charge in [-0.3, -0.25) is 5.43 Å². The number of rotatable bonds is 6. The number of aromatic nitrogens is 2. The first-order chi connectivity index (χ1) is 9.29. The smallest absolute Gasteiger partial charge is 0.239 e. The maximum absolute atomic E-state index is 13.4. The Morgan fingerprint density at radius 1 is 1.26 bits per heavy atom. The zero-order valence-electron chi connectivity index (χ0n) is 10.1. The molecule has 1 aromatic heterocycles. The van der Waals surface area contributed by atoms with Crippen LogP contribution in [0.1, 0.15) is 0 Å².